The van der Waals surface area contributed by atoms with Gasteiger partial charge >= 0.3 is 0 Å². The third-order valence-corrected chi connectivity index (χ3v) is 3.09. The van der Waals surface area contributed by atoms with Crippen LogP contribution < -0.4 is 4.74 Å². The number of amides is 1. The van der Waals surface area contributed by atoms with Crippen LogP contribution >= 0.6 is 0 Å². The lowest BCUT2D eigenvalue weighted by Gasteiger charge is -2.21. The van der Waals surface area contributed by atoms with E-state index in [0.29, 0.717) is 12.6 Å². The fourth-order valence-electron chi connectivity index (χ4n) is 1.94. The lowest BCUT2D eigenvalue weighted by atomic mass is 10.2. The average molecular weight is 245 g/mol. The molecule has 0 unspecified atom stereocenters. The van der Waals surface area contributed by atoms with Crippen molar-refractivity contribution >= 4 is 5.91 Å². The number of methoxy groups -OCH3 is 1. The highest BCUT2D eigenvalue weighted by molar-refractivity contribution is 5.88. The minimum absolute atomic E-state index is 0.107. The normalized spacial score (nSPS) is 14.8. The van der Waals surface area contributed by atoms with Crippen molar-refractivity contribution in [2.24, 2.45) is 0 Å². The highest BCUT2D eigenvalue weighted by Crippen LogP contribution is 2.28. The molecule has 18 heavy (non-hydrogen) atoms. The molecule has 1 fully saturated rings. The molecule has 0 atom stereocenters. The van der Waals surface area contributed by atoms with E-state index in [9.17, 15) is 4.79 Å². The maximum atomic E-state index is 12.0. The molecule has 3 nitrogen and oxygen atoms in total. The van der Waals surface area contributed by atoms with E-state index in [-0.39, 0.29) is 5.91 Å². The van der Waals surface area contributed by atoms with Gasteiger partial charge in [-0.3, -0.25) is 4.79 Å². The average Bonchev–Trinajstić information content (AvgIpc) is 3.21. The first-order valence-corrected chi connectivity index (χ1v) is 6.31. The molecule has 1 saturated carbocycles. The fourth-order valence-corrected chi connectivity index (χ4v) is 1.94. The van der Waals surface area contributed by atoms with Crippen LogP contribution in [0.25, 0.3) is 0 Å². The van der Waals surface area contributed by atoms with Gasteiger partial charge in [0, 0.05) is 12.6 Å². The summed E-state index contributed by atoms with van der Waals surface area (Å²) in [6.07, 6.45) is 5.69. The van der Waals surface area contributed by atoms with E-state index in [1.807, 2.05) is 36.1 Å². The van der Waals surface area contributed by atoms with Gasteiger partial charge in [0.05, 0.1) is 7.11 Å². The maximum absolute atomic E-state index is 12.0. The highest BCUT2D eigenvalue weighted by atomic mass is 16.5. The van der Waals surface area contributed by atoms with Gasteiger partial charge in [-0.2, -0.15) is 0 Å². The van der Waals surface area contributed by atoms with Crippen molar-refractivity contribution in [2.45, 2.75) is 32.4 Å². The first kappa shape index (κ1) is 12.7. The standard InChI is InChI=1S/C15H19NO2/c1-3-4-15(17)16(13-7-8-13)11-12-5-9-14(18-2)10-6-12/h3-6,9-10,13H,7-8,11H2,1-2H3. The fraction of sp³-hybridized carbons (Fsp3) is 0.400. The van der Waals surface area contributed by atoms with Crippen LogP contribution in [0.15, 0.2) is 36.4 Å². The van der Waals surface area contributed by atoms with Gasteiger partial charge in [0.2, 0.25) is 5.91 Å². The monoisotopic (exact) mass is 245 g/mol. The summed E-state index contributed by atoms with van der Waals surface area (Å²) in [4.78, 5) is 13.9. The summed E-state index contributed by atoms with van der Waals surface area (Å²) in [5.74, 6) is 0.951. The predicted molar refractivity (Wildman–Crippen MR) is 71.4 cm³/mol. The van der Waals surface area contributed by atoms with E-state index in [1.54, 1.807) is 19.3 Å². The van der Waals surface area contributed by atoms with Crippen molar-refractivity contribution in [2.75, 3.05) is 7.11 Å². The quantitative estimate of drug-likeness (QED) is 0.746. The van der Waals surface area contributed by atoms with Crippen LogP contribution in [-0.4, -0.2) is 24.0 Å². The minimum atomic E-state index is 0.107. The highest BCUT2D eigenvalue weighted by Gasteiger charge is 2.31. The zero-order chi connectivity index (χ0) is 13.0. The number of hydrogen-bond donors (Lipinski definition) is 0. The van der Waals surface area contributed by atoms with Gasteiger partial charge in [-0.25, -0.2) is 0 Å². The van der Waals surface area contributed by atoms with E-state index >= 15 is 0 Å². The molecule has 0 aromatic heterocycles. The summed E-state index contributed by atoms with van der Waals surface area (Å²) in [5.41, 5.74) is 1.14. The smallest absolute Gasteiger partial charge is 0.246 e. The molecule has 1 aromatic carbocycles. The van der Waals surface area contributed by atoms with Gasteiger partial charge in [-0.1, -0.05) is 18.2 Å². The molecule has 0 aliphatic heterocycles. The van der Waals surface area contributed by atoms with Gasteiger partial charge in [0.15, 0.2) is 0 Å². The van der Waals surface area contributed by atoms with Crippen molar-refractivity contribution in [3.8, 4) is 5.75 Å². The Morgan fingerprint density at radius 1 is 1.39 bits per heavy atom. The van der Waals surface area contributed by atoms with Crippen molar-refractivity contribution in [1.29, 1.82) is 0 Å². The Morgan fingerprint density at radius 3 is 2.56 bits per heavy atom. The Bertz CT molecular complexity index is 432. The van der Waals surface area contributed by atoms with E-state index in [0.717, 1.165) is 24.2 Å². The number of rotatable bonds is 5. The van der Waals surface area contributed by atoms with Crippen molar-refractivity contribution in [3.05, 3.63) is 42.0 Å². The van der Waals surface area contributed by atoms with Crippen LogP contribution in [0.5, 0.6) is 5.75 Å². The second-order valence-corrected chi connectivity index (χ2v) is 4.55. The van der Waals surface area contributed by atoms with Crippen LogP contribution in [0.1, 0.15) is 25.3 Å². The summed E-state index contributed by atoms with van der Waals surface area (Å²) in [5, 5.41) is 0. The second kappa shape index (κ2) is 5.71. The molecular formula is C15H19NO2. The first-order valence-electron chi connectivity index (χ1n) is 6.31. The second-order valence-electron chi connectivity index (χ2n) is 4.55. The molecular weight excluding hydrogens is 226 g/mol. The molecule has 96 valence electrons. The molecule has 0 bridgehead atoms. The molecule has 1 aliphatic rings. The Kier molecular flexibility index (Phi) is 4.03. The summed E-state index contributed by atoms with van der Waals surface area (Å²) in [6.45, 7) is 2.55. The number of carbonyl (C=O) groups excluding carboxylic acids is 1. The van der Waals surface area contributed by atoms with Crippen LogP contribution in [-0.2, 0) is 11.3 Å². The number of ether oxygens (including phenoxy) is 1. The first-order chi connectivity index (χ1) is 8.74. The summed E-state index contributed by atoms with van der Waals surface area (Å²) in [7, 11) is 1.65. The SMILES string of the molecule is CC=CC(=O)N(Cc1ccc(OC)cc1)C1CC1. The third kappa shape index (κ3) is 3.13. The Morgan fingerprint density at radius 2 is 2.06 bits per heavy atom. The van der Waals surface area contributed by atoms with Crippen LogP contribution in [0, 0.1) is 0 Å². The molecule has 3 heteroatoms. The zero-order valence-electron chi connectivity index (χ0n) is 10.9. The third-order valence-electron chi connectivity index (χ3n) is 3.09. The molecule has 1 amide bonds. The van der Waals surface area contributed by atoms with Gasteiger partial charge in [0.1, 0.15) is 5.75 Å². The topological polar surface area (TPSA) is 29.5 Å². The zero-order valence-corrected chi connectivity index (χ0v) is 10.9. The number of carbonyl (C=O) groups is 1. The molecule has 1 aromatic rings. The molecule has 0 radical (unpaired) electrons. The van der Waals surface area contributed by atoms with Crippen molar-refractivity contribution < 1.29 is 9.53 Å². The van der Waals surface area contributed by atoms with Crippen LogP contribution in [0.2, 0.25) is 0 Å². The summed E-state index contributed by atoms with van der Waals surface area (Å²) < 4.78 is 5.13. The van der Waals surface area contributed by atoms with E-state index < -0.39 is 0 Å². The van der Waals surface area contributed by atoms with E-state index in [2.05, 4.69) is 0 Å². The van der Waals surface area contributed by atoms with Crippen molar-refractivity contribution in [1.82, 2.24) is 4.90 Å². The number of allylic oxidation sites excluding steroid dienone is 1. The molecule has 0 saturated heterocycles. The Hall–Kier alpha value is -1.77. The van der Waals surface area contributed by atoms with E-state index in [1.165, 1.54) is 0 Å². The summed E-state index contributed by atoms with van der Waals surface area (Å²) >= 11 is 0. The van der Waals surface area contributed by atoms with Gasteiger partial charge in [-0.05, 0) is 43.5 Å². The molecule has 1 aliphatic carbocycles. The Labute approximate surface area is 108 Å². The predicted octanol–water partition coefficient (Wildman–Crippen LogP) is 2.76. The minimum Gasteiger partial charge on any atom is -0.497 e. The van der Waals surface area contributed by atoms with Crippen LogP contribution in [0.4, 0.5) is 0 Å². The van der Waals surface area contributed by atoms with Gasteiger partial charge in [-0.15, -0.1) is 0 Å². The maximum Gasteiger partial charge on any atom is 0.246 e. The molecule has 0 N–H and O–H groups in total. The van der Waals surface area contributed by atoms with E-state index in [4.69, 9.17) is 4.74 Å². The lowest BCUT2D eigenvalue weighted by Crippen LogP contribution is -2.31. The van der Waals surface area contributed by atoms with Gasteiger partial charge < -0.3 is 9.64 Å². The molecule has 2 rings (SSSR count). The largest absolute Gasteiger partial charge is 0.497 e. The van der Waals surface area contributed by atoms with Gasteiger partial charge in [0.25, 0.3) is 0 Å². The molecule has 0 spiro atoms. The Balaban J connectivity index is 2.05. The lowest BCUT2D eigenvalue weighted by molar-refractivity contribution is -0.127. The van der Waals surface area contributed by atoms with Crippen LogP contribution in [0.3, 0.4) is 0 Å². The number of benzene rings is 1. The summed E-state index contributed by atoms with van der Waals surface area (Å²) in [6, 6.07) is 8.31. The number of nitrogens with zero attached hydrogens (tertiary/aromatic N) is 1. The number of hydrogen-bond acceptors (Lipinski definition) is 2. The molecule has 0 heterocycles. The van der Waals surface area contributed by atoms with Crippen molar-refractivity contribution in [3.63, 3.8) is 0 Å².